The minimum Gasteiger partial charge on any atom is -0.481 e. The number of hydrogen-bond acceptors (Lipinski definition) is 5. The van der Waals surface area contributed by atoms with E-state index in [2.05, 4.69) is 34.3 Å². The summed E-state index contributed by atoms with van der Waals surface area (Å²) < 4.78 is 5.09. The summed E-state index contributed by atoms with van der Waals surface area (Å²) in [5, 5.41) is 3.02. The second-order valence-corrected chi connectivity index (χ2v) is 7.41. The Balaban J connectivity index is 1.59. The highest BCUT2D eigenvalue weighted by Crippen LogP contribution is 2.31. The Labute approximate surface area is 140 Å². The lowest BCUT2D eigenvalue weighted by Gasteiger charge is -2.48. The minimum absolute atomic E-state index is 0.0394. The van der Waals surface area contributed by atoms with Gasteiger partial charge >= 0.3 is 0 Å². The molecule has 0 saturated carbocycles. The molecule has 1 amide bonds. The molecular formula is C17H21N3O2S. The maximum atomic E-state index is 11.2. The third kappa shape index (κ3) is 3.71. The largest absolute Gasteiger partial charge is 0.481 e. The number of aromatic nitrogens is 1. The van der Waals surface area contributed by atoms with Gasteiger partial charge in [0.05, 0.1) is 12.6 Å². The van der Waals surface area contributed by atoms with Gasteiger partial charge in [0.1, 0.15) is 0 Å². The Hall–Kier alpha value is -1.92. The first-order valence-electron chi connectivity index (χ1n) is 7.58. The maximum absolute atomic E-state index is 11.2. The van der Waals surface area contributed by atoms with Gasteiger partial charge in [0, 0.05) is 54.1 Å². The summed E-state index contributed by atoms with van der Waals surface area (Å²) in [5.74, 6) is 0.668. The lowest BCUT2D eigenvalue weighted by atomic mass is 9.92. The summed E-state index contributed by atoms with van der Waals surface area (Å²) in [5.41, 5.74) is 1.03. The number of amides is 1. The van der Waals surface area contributed by atoms with Gasteiger partial charge in [-0.05, 0) is 25.1 Å². The number of hydrogen-bond donors (Lipinski definition) is 1. The van der Waals surface area contributed by atoms with E-state index in [-0.39, 0.29) is 11.4 Å². The zero-order valence-electron chi connectivity index (χ0n) is 13.6. The smallest absolute Gasteiger partial charge is 0.217 e. The zero-order chi connectivity index (χ0) is 16.4. The Morgan fingerprint density at radius 2 is 2.17 bits per heavy atom. The van der Waals surface area contributed by atoms with E-state index >= 15 is 0 Å². The van der Waals surface area contributed by atoms with Crippen LogP contribution in [0.2, 0.25) is 0 Å². The minimum atomic E-state index is -0.0776. The van der Waals surface area contributed by atoms with E-state index in [0.29, 0.717) is 5.88 Å². The quantitative estimate of drug-likeness (QED) is 0.915. The summed E-state index contributed by atoms with van der Waals surface area (Å²) in [6.45, 7) is 6.37. The number of carbonyl (C=O) groups excluding carboxylic acids is 1. The van der Waals surface area contributed by atoms with Gasteiger partial charge in [-0.25, -0.2) is 4.98 Å². The number of nitrogens with one attached hydrogen (secondary N) is 1. The van der Waals surface area contributed by atoms with Crippen LogP contribution in [0.3, 0.4) is 0 Å². The number of methoxy groups -OCH3 is 1. The normalized spacial score (nSPS) is 16.7. The lowest BCUT2D eigenvalue weighted by Crippen LogP contribution is -2.67. The SMILES string of the molecule is COc1ccc(-c2ccc(CN3CC(C)(NC(C)=O)C3)s2)cn1. The molecule has 0 bridgehead atoms. The molecule has 3 heterocycles. The fraction of sp³-hybridized carbons (Fsp3) is 0.412. The topological polar surface area (TPSA) is 54.5 Å². The number of rotatable bonds is 5. The van der Waals surface area contributed by atoms with E-state index in [1.807, 2.05) is 18.3 Å². The highest BCUT2D eigenvalue weighted by atomic mass is 32.1. The Morgan fingerprint density at radius 3 is 2.78 bits per heavy atom. The second-order valence-electron chi connectivity index (χ2n) is 6.24. The molecule has 0 radical (unpaired) electrons. The van der Waals surface area contributed by atoms with Gasteiger partial charge in [0.15, 0.2) is 0 Å². The van der Waals surface area contributed by atoms with Crippen LogP contribution >= 0.6 is 11.3 Å². The van der Waals surface area contributed by atoms with E-state index < -0.39 is 0 Å². The number of pyridine rings is 1. The predicted molar refractivity (Wildman–Crippen MR) is 91.6 cm³/mol. The fourth-order valence-corrected chi connectivity index (χ4v) is 4.08. The maximum Gasteiger partial charge on any atom is 0.217 e. The number of nitrogens with zero attached hydrogens (tertiary/aromatic N) is 2. The van der Waals surface area contributed by atoms with Gasteiger partial charge in [-0.1, -0.05) is 0 Å². The third-order valence-corrected chi connectivity index (χ3v) is 5.01. The molecule has 0 spiro atoms. The molecule has 2 aromatic heterocycles. The summed E-state index contributed by atoms with van der Waals surface area (Å²) in [6, 6.07) is 8.20. The first-order valence-corrected chi connectivity index (χ1v) is 8.39. The van der Waals surface area contributed by atoms with Crippen LogP contribution in [0.4, 0.5) is 0 Å². The molecular weight excluding hydrogens is 310 g/mol. The van der Waals surface area contributed by atoms with Crippen molar-refractivity contribution in [3.8, 4) is 16.3 Å². The van der Waals surface area contributed by atoms with Crippen molar-refractivity contribution in [2.24, 2.45) is 0 Å². The van der Waals surface area contributed by atoms with Gasteiger partial charge in [0.25, 0.3) is 0 Å². The van der Waals surface area contributed by atoms with E-state index in [4.69, 9.17) is 4.74 Å². The summed E-state index contributed by atoms with van der Waals surface area (Å²) >= 11 is 1.78. The molecule has 23 heavy (non-hydrogen) atoms. The first-order chi connectivity index (χ1) is 11.0. The molecule has 1 saturated heterocycles. The second kappa shape index (κ2) is 6.29. The summed E-state index contributed by atoms with van der Waals surface area (Å²) in [6.07, 6.45) is 1.84. The van der Waals surface area contributed by atoms with Gasteiger partial charge in [-0.2, -0.15) is 0 Å². The highest BCUT2D eigenvalue weighted by molar-refractivity contribution is 7.15. The number of ether oxygens (including phenoxy) is 1. The van der Waals surface area contributed by atoms with E-state index in [0.717, 1.165) is 25.2 Å². The van der Waals surface area contributed by atoms with Crippen LogP contribution in [0.15, 0.2) is 30.5 Å². The van der Waals surface area contributed by atoms with Crippen molar-refractivity contribution in [1.29, 1.82) is 0 Å². The molecule has 122 valence electrons. The Morgan fingerprint density at radius 1 is 1.39 bits per heavy atom. The van der Waals surface area contributed by atoms with Gasteiger partial charge in [-0.3, -0.25) is 9.69 Å². The first kappa shape index (κ1) is 16.0. The summed E-state index contributed by atoms with van der Waals surface area (Å²) in [7, 11) is 1.62. The van der Waals surface area contributed by atoms with Crippen LogP contribution in [0.25, 0.3) is 10.4 Å². The fourth-order valence-electron chi connectivity index (χ4n) is 3.04. The monoisotopic (exact) mass is 331 g/mol. The number of carbonyl (C=O) groups is 1. The molecule has 2 aromatic rings. The number of likely N-dealkylation sites (tertiary alicyclic amines) is 1. The highest BCUT2D eigenvalue weighted by Gasteiger charge is 2.39. The van der Waals surface area contributed by atoms with Crippen molar-refractivity contribution in [3.05, 3.63) is 35.3 Å². The predicted octanol–water partition coefficient (Wildman–Crippen LogP) is 2.53. The molecule has 0 unspecified atom stereocenters. The molecule has 1 fully saturated rings. The van der Waals surface area contributed by atoms with Crippen LogP contribution < -0.4 is 10.1 Å². The molecule has 0 atom stereocenters. The zero-order valence-corrected chi connectivity index (χ0v) is 14.4. The molecule has 0 aliphatic carbocycles. The van der Waals surface area contributed by atoms with Gasteiger partial charge in [-0.15, -0.1) is 11.3 Å². The van der Waals surface area contributed by atoms with Crippen LogP contribution in [0, 0.1) is 0 Å². The molecule has 1 N–H and O–H groups in total. The molecule has 5 nitrogen and oxygen atoms in total. The van der Waals surface area contributed by atoms with Gasteiger partial charge < -0.3 is 10.1 Å². The van der Waals surface area contributed by atoms with E-state index in [9.17, 15) is 4.79 Å². The van der Waals surface area contributed by atoms with Crippen LogP contribution in [-0.2, 0) is 11.3 Å². The van der Waals surface area contributed by atoms with Crippen molar-refractivity contribution in [2.75, 3.05) is 20.2 Å². The molecule has 0 aromatic carbocycles. The molecule has 6 heteroatoms. The molecule has 1 aliphatic rings. The number of thiophene rings is 1. The van der Waals surface area contributed by atoms with Crippen LogP contribution in [0.1, 0.15) is 18.7 Å². The standard InChI is InChI=1S/C17H21N3O2S/c1-12(21)19-17(2)10-20(11-17)9-14-5-6-15(23-14)13-4-7-16(22-3)18-8-13/h4-8H,9-11H2,1-3H3,(H,19,21). The summed E-state index contributed by atoms with van der Waals surface area (Å²) in [4.78, 5) is 20.3. The van der Waals surface area contributed by atoms with E-state index in [1.54, 1.807) is 25.4 Å². The van der Waals surface area contributed by atoms with Crippen molar-refractivity contribution in [2.45, 2.75) is 25.9 Å². The average Bonchev–Trinajstić information content (AvgIpc) is 2.93. The Kier molecular flexibility index (Phi) is 4.37. The lowest BCUT2D eigenvalue weighted by molar-refractivity contribution is -0.123. The van der Waals surface area contributed by atoms with Crippen molar-refractivity contribution >= 4 is 17.2 Å². The van der Waals surface area contributed by atoms with Gasteiger partial charge in [0.2, 0.25) is 11.8 Å². The van der Waals surface area contributed by atoms with Crippen LogP contribution in [-0.4, -0.2) is 41.5 Å². The van der Waals surface area contributed by atoms with Crippen molar-refractivity contribution in [3.63, 3.8) is 0 Å². The molecule has 1 aliphatic heterocycles. The average molecular weight is 331 g/mol. The Bertz CT molecular complexity index is 690. The van der Waals surface area contributed by atoms with Crippen molar-refractivity contribution in [1.82, 2.24) is 15.2 Å². The molecule has 3 rings (SSSR count). The van der Waals surface area contributed by atoms with E-state index in [1.165, 1.54) is 9.75 Å². The van der Waals surface area contributed by atoms with Crippen LogP contribution in [0.5, 0.6) is 5.88 Å². The third-order valence-electron chi connectivity index (χ3n) is 3.89. The van der Waals surface area contributed by atoms with Crippen molar-refractivity contribution < 1.29 is 9.53 Å².